The molecule has 1 aromatic carbocycles. The van der Waals surface area contributed by atoms with E-state index in [4.69, 9.17) is 4.74 Å². The number of rotatable bonds is 7. The third-order valence-corrected chi connectivity index (χ3v) is 2.41. The van der Waals surface area contributed by atoms with Crippen LogP contribution < -0.4 is 10.6 Å². The molecule has 0 unspecified atom stereocenters. The zero-order valence-corrected chi connectivity index (χ0v) is 12.0. The number of methoxy groups -OCH3 is 1. The Kier molecular flexibility index (Phi) is 8.91. The van der Waals surface area contributed by atoms with Gasteiger partial charge >= 0.3 is 0 Å². The summed E-state index contributed by atoms with van der Waals surface area (Å²) >= 11 is 0. The van der Waals surface area contributed by atoms with Crippen molar-refractivity contribution in [2.75, 3.05) is 33.4 Å². The fraction of sp³-hybridized carbons (Fsp3) is 0.417. The second-order valence-electron chi connectivity index (χ2n) is 3.84. The van der Waals surface area contributed by atoms with Gasteiger partial charge in [0.05, 0.1) is 6.61 Å². The van der Waals surface area contributed by atoms with Crippen LogP contribution >= 0.6 is 12.4 Å². The van der Waals surface area contributed by atoms with E-state index in [-0.39, 0.29) is 25.0 Å². The van der Waals surface area contributed by atoms with Crippen molar-refractivity contribution in [3.05, 3.63) is 34.9 Å². The van der Waals surface area contributed by atoms with Gasteiger partial charge in [-0.3, -0.25) is 4.79 Å². The van der Waals surface area contributed by atoms with Gasteiger partial charge in [-0.05, 0) is 0 Å². The van der Waals surface area contributed by atoms with E-state index in [0.29, 0.717) is 19.7 Å². The van der Waals surface area contributed by atoms with E-state index in [1.165, 1.54) is 7.11 Å². The van der Waals surface area contributed by atoms with Crippen molar-refractivity contribution >= 4 is 18.3 Å². The summed E-state index contributed by atoms with van der Waals surface area (Å²) in [6, 6.07) is 0.0494. The Morgan fingerprint density at radius 3 is 2.19 bits per heavy atom. The minimum atomic E-state index is -1.71. The molecule has 9 heteroatoms. The first-order valence-corrected chi connectivity index (χ1v) is 5.79. The molecular weight excluding hydrogens is 316 g/mol. The minimum absolute atomic E-state index is 0. The molecule has 1 aromatic rings. The lowest BCUT2D eigenvalue weighted by molar-refractivity contribution is 0.0942. The van der Waals surface area contributed by atoms with Crippen LogP contribution in [0.1, 0.15) is 10.4 Å². The molecule has 0 heterocycles. The molecule has 120 valence electrons. The Bertz CT molecular complexity index is 463. The first-order chi connectivity index (χ1) is 9.49. The zero-order chi connectivity index (χ0) is 15.1. The number of benzene rings is 1. The lowest BCUT2D eigenvalue weighted by atomic mass is 10.1. The zero-order valence-electron chi connectivity index (χ0n) is 11.1. The van der Waals surface area contributed by atoms with E-state index in [9.17, 15) is 22.4 Å². The van der Waals surface area contributed by atoms with E-state index in [1.54, 1.807) is 0 Å². The molecule has 0 saturated carbocycles. The molecular formula is C12H15ClF4N2O2. The maximum absolute atomic E-state index is 13.3. The highest BCUT2D eigenvalue weighted by Crippen LogP contribution is 2.18. The summed E-state index contributed by atoms with van der Waals surface area (Å²) in [5, 5.41) is 5.03. The van der Waals surface area contributed by atoms with Crippen molar-refractivity contribution in [2.45, 2.75) is 0 Å². The fourth-order valence-corrected chi connectivity index (χ4v) is 1.42. The van der Waals surface area contributed by atoms with Crippen molar-refractivity contribution in [3.8, 4) is 0 Å². The number of carbonyl (C=O) groups is 1. The van der Waals surface area contributed by atoms with Crippen LogP contribution in [-0.4, -0.2) is 39.3 Å². The standard InChI is InChI=1S/C12H14F4N2O2.ClH/c1-20-5-4-17-2-3-18-12(19)9-10(15)7(13)6-8(14)11(9)16;/h6,17H,2-5H2,1H3,(H,18,19);1H. The molecule has 0 atom stereocenters. The van der Waals surface area contributed by atoms with Gasteiger partial charge < -0.3 is 15.4 Å². The van der Waals surface area contributed by atoms with E-state index in [0.717, 1.165) is 0 Å². The van der Waals surface area contributed by atoms with Crippen LogP contribution in [0.15, 0.2) is 6.07 Å². The van der Waals surface area contributed by atoms with Crippen LogP contribution in [0.25, 0.3) is 0 Å². The topological polar surface area (TPSA) is 50.4 Å². The van der Waals surface area contributed by atoms with Crippen LogP contribution in [0, 0.1) is 23.3 Å². The third-order valence-electron chi connectivity index (χ3n) is 2.41. The monoisotopic (exact) mass is 330 g/mol. The van der Waals surface area contributed by atoms with Gasteiger partial charge in [0.2, 0.25) is 0 Å². The summed E-state index contributed by atoms with van der Waals surface area (Å²) in [4.78, 5) is 11.5. The molecule has 0 fully saturated rings. The van der Waals surface area contributed by atoms with Crippen molar-refractivity contribution < 1.29 is 27.1 Å². The average Bonchev–Trinajstić information content (AvgIpc) is 2.41. The molecule has 4 nitrogen and oxygen atoms in total. The molecule has 0 spiro atoms. The molecule has 0 aliphatic rings. The van der Waals surface area contributed by atoms with Gasteiger partial charge in [-0.2, -0.15) is 0 Å². The number of halogens is 5. The Morgan fingerprint density at radius 2 is 1.67 bits per heavy atom. The number of hydrogen-bond acceptors (Lipinski definition) is 3. The first kappa shape index (κ1) is 19.6. The Balaban J connectivity index is 0.00000400. The van der Waals surface area contributed by atoms with Crippen molar-refractivity contribution in [3.63, 3.8) is 0 Å². The second kappa shape index (κ2) is 9.54. The van der Waals surface area contributed by atoms with Gasteiger partial charge in [-0.15, -0.1) is 12.4 Å². The SMILES string of the molecule is COCCNCCNC(=O)c1c(F)c(F)cc(F)c1F.Cl. The highest BCUT2D eigenvalue weighted by atomic mass is 35.5. The second-order valence-corrected chi connectivity index (χ2v) is 3.84. The molecule has 0 radical (unpaired) electrons. The lowest BCUT2D eigenvalue weighted by Gasteiger charge is -2.09. The molecule has 0 aliphatic carbocycles. The van der Waals surface area contributed by atoms with Crippen LogP contribution in [0.4, 0.5) is 17.6 Å². The van der Waals surface area contributed by atoms with Crippen LogP contribution in [-0.2, 0) is 4.74 Å². The normalized spacial score (nSPS) is 10.1. The van der Waals surface area contributed by atoms with Gasteiger partial charge in [0.15, 0.2) is 23.3 Å². The summed E-state index contributed by atoms with van der Waals surface area (Å²) in [5.41, 5.74) is -1.26. The van der Waals surface area contributed by atoms with E-state index < -0.39 is 34.7 Å². The van der Waals surface area contributed by atoms with Gasteiger partial charge in [0.25, 0.3) is 5.91 Å². The first-order valence-electron chi connectivity index (χ1n) is 5.79. The third kappa shape index (κ3) is 5.49. The predicted octanol–water partition coefficient (Wildman–Crippen LogP) is 1.63. The molecule has 1 rings (SSSR count). The Labute approximate surface area is 125 Å². The van der Waals surface area contributed by atoms with Crippen molar-refractivity contribution in [2.24, 2.45) is 0 Å². The highest BCUT2D eigenvalue weighted by molar-refractivity contribution is 5.94. The number of carbonyl (C=O) groups excluding carboxylic acids is 1. The van der Waals surface area contributed by atoms with Gasteiger partial charge in [0.1, 0.15) is 5.56 Å². The van der Waals surface area contributed by atoms with Crippen molar-refractivity contribution in [1.82, 2.24) is 10.6 Å². The minimum Gasteiger partial charge on any atom is -0.383 e. The molecule has 21 heavy (non-hydrogen) atoms. The summed E-state index contributed by atoms with van der Waals surface area (Å²) in [7, 11) is 1.52. The number of nitrogens with one attached hydrogen (secondary N) is 2. The summed E-state index contributed by atoms with van der Waals surface area (Å²) < 4.78 is 57.2. The van der Waals surface area contributed by atoms with Gasteiger partial charge in [-0.25, -0.2) is 17.6 Å². The van der Waals surface area contributed by atoms with Crippen LogP contribution in [0.2, 0.25) is 0 Å². The Hall–Kier alpha value is -1.38. The summed E-state index contributed by atoms with van der Waals surface area (Å²) in [5.74, 6) is -7.88. The van der Waals surface area contributed by atoms with Crippen LogP contribution in [0.3, 0.4) is 0 Å². The maximum atomic E-state index is 13.3. The predicted molar refractivity (Wildman–Crippen MR) is 70.6 cm³/mol. The smallest absolute Gasteiger partial charge is 0.257 e. The lowest BCUT2D eigenvalue weighted by Crippen LogP contribution is -2.34. The van der Waals surface area contributed by atoms with E-state index in [1.807, 2.05) is 0 Å². The van der Waals surface area contributed by atoms with Gasteiger partial charge in [-0.1, -0.05) is 0 Å². The van der Waals surface area contributed by atoms with Crippen LogP contribution in [0.5, 0.6) is 0 Å². The molecule has 1 amide bonds. The van der Waals surface area contributed by atoms with Gasteiger partial charge in [0, 0.05) is 32.8 Å². The number of hydrogen-bond donors (Lipinski definition) is 2. The highest BCUT2D eigenvalue weighted by Gasteiger charge is 2.24. The van der Waals surface area contributed by atoms with Crippen molar-refractivity contribution in [1.29, 1.82) is 0 Å². The average molecular weight is 331 g/mol. The molecule has 2 N–H and O–H groups in total. The Morgan fingerprint density at radius 1 is 1.10 bits per heavy atom. The summed E-state index contributed by atoms with van der Waals surface area (Å²) in [6.07, 6.45) is 0. The molecule has 0 saturated heterocycles. The molecule has 0 bridgehead atoms. The summed E-state index contributed by atoms with van der Waals surface area (Å²) in [6.45, 7) is 1.35. The number of ether oxygens (including phenoxy) is 1. The van der Waals surface area contributed by atoms with E-state index >= 15 is 0 Å². The fourth-order valence-electron chi connectivity index (χ4n) is 1.42. The largest absolute Gasteiger partial charge is 0.383 e. The van der Waals surface area contributed by atoms with E-state index in [2.05, 4.69) is 10.6 Å². The quantitative estimate of drug-likeness (QED) is 0.454. The molecule has 0 aliphatic heterocycles. The number of amides is 1. The molecule has 0 aromatic heterocycles. The maximum Gasteiger partial charge on any atom is 0.257 e.